The summed E-state index contributed by atoms with van der Waals surface area (Å²) >= 11 is 5.64. The Balaban J connectivity index is 2.08. The maximum absolute atomic E-state index is 12.9. The van der Waals surface area contributed by atoms with Crippen LogP contribution >= 0.6 is 11.6 Å². The highest BCUT2D eigenvalue weighted by Crippen LogP contribution is 2.24. The smallest absolute Gasteiger partial charge is 0.390 e. The van der Waals surface area contributed by atoms with Gasteiger partial charge in [0.2, 0.25) is 0 Å². The van der Waals surface area contributed by atoms with Crippen LogP contribution in [0.4, 0.5) is 13.2 Å². The fraction of sp³-hybridized carbons (Fsp3) is 0.417. The Kier molecular flexibility index (Phi) is 4.85. The van der Waals surface area contributed by atoms with Crippen molar-refractivity contribution in [1.82, 2.24) is 0 Å². The minimum Gasteiger partial charge on any atom is -0.390 e. The van der Waals surface area contributed by atoms with Gasteiger partial charge in [0.25, 0.3) is 0 Å². The van der Waals surface area contributed by atoms with E-state index in [2.05, 4.69) is 9.99 Å². The summed E-state index contributed by atoms with van der Waals surface area (Å²) in [5.74, 6) is 0. The fourth-order valence-corrected chi connectivity index (χ4v) is 1.67. The van der Waals surface area contributed by atoms with E-state index in [0.717, 1.165) is 0 Å². The number of ether oxygens (including phenoxy) is 2. The molecule has 0 atom stereocenters. The van der Waals surface area contributed by atoms with Gasteiger partial charge in [0.05, 0.1) is 13.2 Å². The number of halogens is 4. The molecule has 0 unspecified atom stereocenters. The van der Waals surface area contributed by atoms with Crippen LogP contribution in [0.5, 0.6) is 0 Å². The topological polar surface area (TPSA) is 40.0 Å². The van der Waals surface area contributed by atoms with Crippen molar-refractivity contribution in [2.24, 2.45) is 5.16 Å². The molecule has 0 spiro atoms. The van der Waals surface area contributed by atoms with Crippen molar-refractivity contribution in [3.8, 4) is 0 Å². The predicted octanol–water partition coefficient (Wildman–Crippen LogP) is 3.00. The third-order valence-corrected chi connectivity index (χ3v) is 2.70. The number of nitrogens with zero attached hydrogens (tertiary/aromatic N) is 1. The zero-order valence-electron chi connectivity index (χ0n) is 10.2. The number of alkyl halides is 3. The Morgan fingerprint density at radius 2 is 1.85 bits per heavy atom. The quantitative estimate of drug-likeness (QED) is 0.634. The van der Waals surface area contributed by atoms with Gasteiger partial charge in [-0.25, -0.2) is 0 Å². The summed E-state index contributed by atoms with van der Waals surface area (Å²) in [5.41, 5.74) is -1.26. The Morgan fingerprint density at radius 1 is 1.25 bits per heavy atom. The molecule has 1 heterocycles. The molecule has 0 N–H and O–H groups in total. The summed E-state index contributed by atoms with van der Waals surface area (Å²) in [4.78, 5) is 4.68. The highest BCUT2D eigenvalue weighted by Gasteiger charge is 2.38. The van der Waals surface area contributed by atoms with Gasteiger partial charge in [0, 0.05) is 10.6 Å². The summed E-state index contributed by atoms with van der Waals surface area (Å²) < 4.78 is 48.8. The van der Waals surface area contributed by atoms with Gasteiger partial charge >= 0.3 is 6.18 Å². The standard InChI is InChI=1S/C12H11ClF3NO3/c13-9-3-1-8(2-4-9)11(12(14,15)16)17-20-7-10-18-5-6-19-10/h1-4,10H,5-7H2/b17-11-. The average molecular weight is 310 g/mol. The number of hydrogen-bond donors (Lipinski definition) is 0. The lowest BCUT2D eigenvalue weighted by Gasteiger charge is -2.12. The van der Waals surface area contributed by atoms with Gasteiger partial charge in [-0.05, 0) is 12.1 Å². The molecule has 1 aromatic carbocycles. The van der Waals surface area contributed by atoms with Crippen molar-refractivity contribution >= 4 is 17.3 Å². The SMILES string of the molecule is FC(F)(F)/C(=N\OCC1OCCO1)c1ccc(Cl)cc1. The van der Waals surface area contributed by atoms with Crippen molar-refractivity contribution in [3.05, 3.63) is 34.9 Å². The van der Waals surface area contributed by atoms with Gasteiger partial charge in [-0.1, -0.05) is 28.9 Å². The van der Waals surface area contributed by atoms with Crippen LogP contribution in [-0.2, 0) is 14.3 Å². The Labute approximate surface area is 118 Å². The molecule has 110 valence electrons. The normalized spacial score (nSPS) is 17.5. The van der Waals surface area contributed by atoms with Gasteiger partial charge in [-0.3, -0.25) is 0 Å². The first-order valence-electron chi connectivity index (χ1n) is 5.73. The van der Waals surface area contributed by atoms with E-state index >= 15 is 0 Å². The molecule has 8 heteroatoms. The van der Waals surface area contributed by atoms with Crippen LogP contribution < -0.4 is 0 Å². The minimum atomic E-state index is -4.63. The molecule has 1 aliphatic heterocycles. The zero-order chi connectivity index (χ0) is 14.6. The average Bonchev–Trinajstić information content (AvgIpc) is 2.88. The molecule has 1 saturated heterocycles. The first-order valence-corrected chi connectivity index (χ1v) is 6.11. The summed E-state index contributed by atoms with van der Waals surface area (Å²) in [7, 11) is 0. The Hall–Kier alpha value is -1.31. The molecule has 20 heavy (non-hydrogen) atoms. The predicted molar refractivity (Wildman–Crippen MR) is 65.7 cm³/mol. The van der Waals surface area contributed by atoms with Crippen molar-refractivity contribution in [3.63, 3.8) is 0 Å². The molecule has 0 aromatic heterocycles. The lowest BCUT2D eigenvalue weighted by molar-refractivity contribution is -0.0979. The lowest BCUT2D eigenvalue weighted by atomic mass is 10.1. The highest BCUT2D eigenvalue weighted by molar-refractivity contribution is 6.30. The third-order valence-electron chi connectivity index (χ3n) is 2.44. The minimum absolute atomic E-state index is 0.129. The number of oxime groups is 1. The lowest BCUT2D eigenvalue weighted by Crippen LogP contribution is -2.25. The first kappa shape index (κ1) is 15.1. The molecular formula is C12H11ClF3NO3. The van der Waals surface area contributed by atoms with Crippen LogP contribution in [-0.4, -0.2) is 38.0 Å². The maximum Gasteiger partial charge on any atom is 0.437 e. The molecule has 2 rings (SSSR count). The van der Waals surface area contributed by atoms with Gasteiger partial charge in [0.15, 0.2) is 18.6 Å². The Bertz CT molecular complexity index is 470. The van der Waals surface area contributed by atoms with E-state index in [9.17, 15) is 13.2 Å². The van der Waals surface area contributed by atoms with E-state index in [0.29, 0.717) is 18.2 Å². The van der Waals surface area contributed by atoms with E-state index in [1.165, 1.54) is 24.3 Å². The molecule has 0 radical (unpaired) electrons. The molecule has 1 aliphatic rings. The maximum atomic E-state index is 12.9. The van der Waals surface area contributed by atoms with Crippen molar-refractivity contribution in [2.45, 2.75) is 12.5 Å². The van der Waals surface area contributed by atoms with E-state index in [-0.39, 0.29) is 12.2 Å². The monoisotopic (exact) mass is 309 g/mol. The summed E-state index contributed by atoms with van der Waals surface area (Å²) in [6.45, 7) is 0.579. The second-order valence-electron chi connectivity index (χ2n) is 3.91. The van der Waals surface area contributed by atoms with Crippen LogP contribution in [0.25, 0.3) is 0 Å². The van der Waals surface area contributed by atoms with Crippen LogP contribution in [0.2, 0.25) is 5.02 Å². The second-order valence-corrected chi connectivity index (χ2v) is 4.35. The molecular weight excluding hydrogens is 299 g/mol. The molecule has 0 aliphatic carbocycles. The van der Waals surface area contributed by atoms with Gasteiger partial charge < -0.3 is 14.3 Å². The summed E-state index contributed by atoms with van der Waals surface area (Å²) in [5, 5.41) is 3.48. The molecule has 0 saturated carbocycles. The van der Waals surface area contributed by atoms with Gasteiger partial charge in [-0.2, -0.15) is 13.2 Å². The van der Waals surface area contributed by atoms with Gasteiger partial charge in [-0.15, -0.1) is 0 Å². The van der Waals surface area contributed by atoms with Gasteiger partial charge in [0.1, 0.15) is 0 Å². The molecule has 4 nitrogen and oxygen atoms in total. The van der Waals surface area contributed by atoms with Crippen LogP contribution in [0.3, 0.4) is 0 Å². The fourth-order valence-electron chi connectivity index (χ4n) is 1.54. The molecule has 1 fully saturated rings. The van der Waals surface area contributed by atoms with E-state index in [1.54, 1.807) is 0 Å². The van der Waals surface area contributed by atoms with E-state index < -0.39 is 18.2 Å². The van der Waals surface area contributed by atoms with Crippen molar-refractivity contribution in [1.29, 1.82) is 0 Å². The van der Waals surface area contributed by atoms with E-state index in [1.807, 2.05) is 0 Å². The van der Waals surface area contributed by atoms with Crippen LogP contribution in [0, 0.1) is 0 Å². The zero-order valence-corrected chi connectivity index (χ0v) is 10.9. The Morgan fingerprint density at radius 3 is 2.40 bits per heavy atom. The highest BCUT2D eigenvalue weighted by atomic mass is 35.5. The molecule has 0 amide bonds. The second kappa shape index (κ2) is 6.43. The molecule has 0 bridgehead atoms. The number of hydrogen-bond acceptors (Lipinski definition) is 4. The number of rotatable bonds is 4. The van der Waals surface area contributed by atoms with E-state index in [4.69, 9.17) is 21.1 Å². The molecule has 1 aromatic rings. The number of benzene rings is 1. The van der Waals surface area contributed by atoms with Crippen molar-refractivity contribution in [2.75, 3.05) is 19.8 Å². The largest absolute Gasteiger partial charge is 0.437 e. The summed E-state index contributed by atoms with van der Waals surface area (Å²) in [6, 6.07) is 5.14. The first-order chi connectivity index (χ1) is 9.47. The summed E-state index contributed by atoms with van der Waals surface area (Å²) in [6.07, 6.45) is -5.32. The van der Waals surface area contributed by atoms with Crippen LogP contribution in [0.1, 0.15) is 5.56 Å². The van der Waals surface area contributed by atoms with Crippen LogP contribution in [0.15, 0.2) is 29.4 Å². The third kappa shape index (κ3) is 4.09. The van der Waals surface area contributed by atoms with Crippen molar-refractivity contribution < 1.29 is 27.5 Å².